The number of amides is 3. The topological polar surface area (TPSA) is 79.3 Å². The summed E-state index contributed by atoms with van der Waals surface area (Å²) in [5.41, 5.74) is 1.45. The number of urea groups is 1. The van der Waals surface area contributed by atoms with E-state index in [9.17, 15) is 14.0 Å². The molecule has 34 heavy (non-hydrogen) atoms. The molecule has 0 radical (unpaired) electrons. The van der Waals surface area contributed by atoms with E-state index in [1.54, 1.807) is 41.9 Å². The Kier molecular flexibility index (Phi) is 7.84. The first kappa shape index (κ1) is 25.5. The van der Waals surface area contributed by atoms with Crippen molar-refractivity contribution in [1.29, 1.82) is 0 Å². The lowest BCUT2D eigenvalue weighted by Crippen LogP contribution is -2.40. The predicted octanol–water partition coefficient (Wildman–Crippen LogP) is 6.11. The van der Waals surface area contributed by atoms with Crippen molar-refractivity contribution in [3.63, 3.8) is 0 Å². The molecule has 0 bridgehead atoms. The lowest BCUT2D eigenvalue weighted by atomic mass is 9.92. The SMILES string of the molecule is CCN(CC(=O)Nc1cc(C(C)(C)C)nn1-c1ccc(F)cc1)C(=O)Nc1ccc(Cl)cc1Cl. The van der Waals surface area contributed by atoms with Gasteiger partial charge in [0.1, 0.15) is 18.2 Å². The van der Waals surface area contributed by atoms with E-state index in [0.717, 1.165) is 5.69 Å². The Balaban J connectivity index is 1.77. The number of carbonyl (C=O) groups is 2. The molecule has 0 aliphatic rings. The molecule has 1 aromatic heterocycles. The van der Waals surface area contributed by atoms with Gasteiger partial charge in [0.2, 0.25) is 5.91 Å². The van der Waals surface area contributed by atoms with Crippen molar-refractivity contribution >= 4 is 46.6 Å². The molecular weight excluding hydrogens is 480 g/mol. The second-order valence-corrected chi connectivity index (χ2v) is 9.51. The Hall–Kier alpha value is -3.10. The first-order valence-corrected chi connectivity index (χ1v) is 11.4. The summed E-state index contributed by atoms with van der Waals surface area (Å²) in [6.45, 7) is 7.85. The highest BCUT2D eigenvalue weighted by Gasteiger charge is 2.23. The van der Waals surface area contributed by atoms with E-state index < -0.39 is 11.9 Å². The Labute approximate surface area is 207 Å². The van der Waals surface area contributed by atoms with Crippen LogP contribution >= 0.6 is 23.2 Å². The summed E-state index contributed by atoms with van der Waals surface area (Å²) in [4.78, 5) is 26.9. The van der Waals surface area contributed by atoms with Crippen molar-refractivity contribution in [2.45, 2.75) is 33.1 Å². The zero-order valence-corrected chi connectivity index (χ0v) is 20.8. The number of rotatable bonds is 6. The second-order valence-electron chi connectivity index (χ2n) is 8.67. The van der Waals surface area contributed by atoms with Crippen LogP contribution in [0.3, 0.4) is 0 Å². The van der Waals surface area contributed by atoms with Crippen LogP contribution in [0.1, 0.15) is 33.4 Å². The van der Waals surface area contributed by atoms with Gasteiger partial charge in [0.15, 0.2) is 0 Å². The molecule has 0 fully saturated rings. The molecule has 3 aromatic rings. The van der Waals surface area contributed by atoms with Gasteiger partial charge in [-0.05, 0) is 49.4 Å². The van der Waals surface area contributed by atoms with Crippen molar-refractivity contribution in [1.82, 2.24) is 14.7 Å². The van der Waals surface area contributed by atoms with E-state index in [4.69, 9.17) is 23.2 Å². The monoisotopic (exact) mass is 505 g/mol. The maximum absolute atomic E-state index is 13.4. The van der Waals surface area contributed by atoms with Crippen LogP contribution in [-0.4, -0.2) is 39.7 Å². The summed E-state index contributed by atoms with van der Waals surface area (Å²) >= 11 is 12.0. The Morgan fingerprint density at radius 1 is 1.06 bits per heavy atom. The van der Waals surface area contributed by atoms with Gasteiger partial charge in [-0.1, -0.05) is 44.0 Å². The fourth-order valence-electron chi connectivity index (χ4n) is 3.08. The molecule has 0 saturated heterocycles. The molecule has 0 atom stereocenters. The fourth-order valence-corrected chi connectivity index (χ4v) is 3.54. The molecule has 10 heteroatoms. The van der Waals surface area contributed by atoms with Gasteiger partial charge in [-0.15, -0.1) is 0 Å². The average molecular weight is 506 g/mol. The van der Waals surface area contributed by atoms with Crippen LogP contribution in [0, 0.1) is 5.82 Å². The molecule has 0 aliphatic heterocycles. The van der Waals surface area contributed by atoms with Crippen LogP contribution in [0.25, 0.3) is 5.69 Å². The maximum atomic E-state index is 13.4. The fraction of sp³-hybridized carbons (Fsp3) is 0.292. The first-order chi connectivity index (χ1) is 16.0. The van der Waals surface area contributed by atoms with Gasteiger partial charge in [-0.25, -0.2) is 13.9 Å². The number of hydrogen-bond acceptors (Lipinski definition) is 3. The van der Waals surface area contributed by atoms with E-state index in [0.29, 0.717) is 27.2 Å². The number of anilines is 2. The third-order valence-electron chi connectivity index (χ3n) is 4.99. The summed E-state index contributed by atoms with van der Waals surface area (Å²) in [7, 11) is 0. The van der Waals surface area contributed by atoms with Crippen LogP contribution in [0.4, 0.5) is 20.7 Å². The maximum Gasteiger partial charge on any atom is 0.322 e. The van der Waals surface area contributed by atoms with Crippen LogP contribution in [0.5, 0.6) is 0 Å². The van der Waals surface area contributed by atoms with Gasteiger partial charge in [0.05, 0.1) is 22.1 Å². The summed E-state index contributed by atoms with van der Waals surface area (Å²) in [6, 6.07) is 11.8. The van der Waals surface area contributed by atoms with Crippen molar-refractivity contribution in [2.24, 2.45) is 0 Å². The molecular formula is C24H26Cl2FN5O2. The number of aromatic nitrogens is 2. The minimum Gasteiger partial charge on any atom is -0.315 e. The summed E-state index contributed by atoms with van der Waals surface area (Å²) in [5, 5.41) is 10.8. The Morgan fingerprint density at radius 2 is 1.74 bits per heavy atom. The predicted molar refractivity (Wildman–Crippen MR) is 134 cm³/mol. The molecule has 0 aliphatic carbocycles. The average Bonchev–Trinajstić information content (AvgIpc) is 3.18. The van der Waals surface area contributed by atoms with Crippen LogP contribution in [0.2, 0.25) is 10.0 Å². The number of likely N-dealkylation sites (N-methyl/N-ethyl adjacent to an activating group) is 1. The van der Waals surface area contributed by atoms with Crippen molar-refractivity contribution in [3.8, 4) is 5.69 Å². The molecule has 0 saturated carbocycles. The van der Waals surface area contributed by atoms with Gasteiger partial charge in [-0.2, -0.15) is 5.10 Å². The standard InChI is InChI=1S/C24H26Cl2FN5O2/c1-5-31(23(34)28-19-11-6-15(25)12-18(19)26)14-22(33)29-21-13-20(24(2,3)4)30-32(21)17-9-7-16(27)8-10-17/h6-13H,5,14H2,1-4H3,(H,28,34)(H,29,33). The lowest BCUT2D eigenvalue weighted by Gasteiger charge is -2.21. The van der Waals surface area contributed by atoms with Crippen molar-refractivity contribution < 1.29 is 14.0 Å². The molecule has 3 rings (SSSR count). The van der Waals surface area contributed by atoms with Crippen molar-refractivity contribution in [3.05, 3.63) is 70.1 Å². The first-order valence-electron chi connectivity index (χ1n) is 10.6. The Bertz CT molecular complexity index is 1190. The van der Waals surface area contributed by atoms with Crippen molar-refractivity contribution in [2.75, 3.05) is 23.7 Å². The van der Waals surface area contributed by atoms with Crippen LogP contribution < -0.4 is 10.6 Å². The molecule has 180 valence electrons. The zero-order valence-electron chi connectivity index (χ0n) is 19.3. The van der Waals surface area contributed by atoms with E-state index in [2.05, 4.69) is 15.7 Å². The largest absolute Gasteiger partial charge is 0.322 e. The van der Waals surface area contributed by atoms with E-state index in [1.165, 1.54) is 23.1 Å². The number of benzene rings is 2. The van der Waals surface area contributed by atoms with Gasteiger partial charge >= 0.3 is 6.03 Å². The quantitative estimate of drug-likeness (QED) is 0.424. The number of nitrogens with one attached hydrogen (secondary N) is 2. The molecule has 7 nitrogen and oxygen atoms in total. The molecule has 0 unspecified atom stereocenters. The van der Waals surface area contributed by atoms with Crippen LogP contribution in [-0.2, 0) is 10.2 Å². The summed E-state index contributed by atoms with van der Waals surface area (Å²) in [6.07, 6.45) is 0. The van der Waals surface area contributed by atoms with Gasteiger partial charge < -0.3 is 15.5 Å². The third kappa shape index (κ3) is 6.27. The molecule has 2 aromatic carbocycles. The summed E-state index contributed by atoms with van der Waals surface area (Å²) < 4.78 is 15.0. The molecule has 3 amide bonds. The minimum atomic E-state index is -0.482. The molecule has 1 heterocycles. The Morgan fingerprint density at radius 3 is 2.32 bits per heavy atom. The van der Waals surface area contributed by atoms with E-state index in [1.807, 2.05) is 20.8 Å². The number of carbonyl (C=O) groups excluding carboxylic acids is 2. The zero-order chi connectivity index (χ0) is 25.0. The molecule has 0 spiro atoms. The highest BCUT2D eigenvalue weighted by molar-refractivity contribution is 6.36. The minimum absolute atomic E-state index is 0.201. The lowest BCUT2D eigenvalue weighted by molar-refractivity contribution is -0.116. The number of halogens is 3. The number of hydrogen-bond donors (Lipinski definition) is 2. The summed E-state index contributed by atoms with van der Waals surface area (Å²) in [5.74, 6) is -0.371. The van der Waals surface area contributed by atoms with Crippen LogP contribution in [0.15, 0.2) is 48.5 Å². The second kappa shape index (κ2) is 10.4. The van der Waals surface area contributed by atoms with Gasteiger partial charge in [0.25, 0.3) is 0 Å². The number of nitrogens with zero attached hydrogens (tertiary/aromatic N) is 3. The normalized spacial score (nSPS) is 11.3. The van der Waals surface area contributed by atoms with E-state index in [-0.39, 0.29) is 24.3 Å². The molecule has 2 N–H and O–H groups in total. The van der Waals surface area contributed by atoms with Gasteiger partial charge in [-0.3, -0.25) is 4.79 Å². The third-order valence-corrected chi connectivity index (χ3v) is 5.54. The van der Waals surface area contributed by atoms with E-state index >= 15 is 0 Å². The smallest absolute Gasteiger partial charge is 0.315 e. The highest BCUT2D eigenvalue weighted by atomic mass is 35.5. The van der Waals surface area contributed by atoms with Gasteiger partial charge in [0, 0.05) is 23.0 Å². The highest BCUT2D eigenvalue weighted by Crippen LogP contribution is 2.27.